The monoisotopic (exact) mass is 390 g/mol. The quantitative estimate of drug-likeness (QED) is 0.370. The summed E-state index contributed by atoms with van der Waals surface area (Å²) in [5, 5.41) is 8.54. The highest BCUT2D eigenvalue weighted by molar-refractivity contribution is 5.84. The van der Waals surface area contributed by atoms with Gasteiger partial charge in [-0.05, 0) is 61.7 Å². The number of carbonyl (C=O) groups is 1. The van der Waals surface area contributed by atoms with E-state index in [2.05, 4.69) is 10.2 Å². The molecular weight excluding hydrogens is 372 g/mol. The van der Waals surface area contributed by atoms with Gasteiger partial charge in [-0.25, -0.2) is 4.79 Å². The normalized spacial score (nSPS) is 13.2. The second-order valence-electron chi connectivity index (χ2n) is 6.90. The van der Waals surface area contributed by atoms with E-state index in [1.807, 2.05) is 18.2 Å². The Labute approximate surface area is 166 Å². The summed E-state index contributed by atoms with van der Waals surface area (Å²) in [5.74, 6) is 2.04. The van der Waals surface area contributed by atoms with E-state index >= 15 is 0 Å². The van der Waals surface area contributed by atoms with Gasteiger partial charge in [-0.1, -0.05) is 0 Å². The summed E-state index contributed by atoms with van der Waals surface area (Å²) in [4.78, 5) is 12.1. The number of aryl methyl sites for hydroxylation is 2. The molecule has 2 aromatic carbocycles. The molecule has 0 spiro atoms. The molecule has 5 rings (SSSR count). The van der Waals surface area contributed by atoms with Gasteiger partial charge in [0.1, 0.15) is 22.8 Å². The Hall–Kier alpha value is -3.61. The molecule has 0 atom stereocenters. The fourth-order valence-electron chi connectivity index (χ4n) is 3.60. The van der Waals surface area contributed by atoms with Crippen LogP contribution in [0.15, 0.2) is 57.7 Å². The first kappa shape index (κ1) is 17.5. The highest BCUT2D eigenvalue weighted by atomic mass is 16.6. The van der Waals surface area contributed by atoms with Crippen molar-refractivity contribution < 1.29 is 23.1 Å². The number of ether oxygens (including phenoxy) is 2. The van der Waals surface area contributed by atoms with Crippen LogP contribution in [-0.4, -0.2) is 22.8 Å². The lowest BCUT2D eigenvalue weighted by atomic mass is 9.96. The number of rotatable bonds is 5. The smallest absolute Gasteiger partial charge is 0.349 e. The number of hydrogen-bond acceptors (Lipinski definition) is 7. The van der Waals surface area contributed by atoms with E-state index in [4.69, 9.17) is 18.3 Å². The van der Waals surface area contributed by atoms with Gasteiger partial charge in [0.2, 0.25) is 12.3 Å². The Kier molecular flexibility index (Phi) is 4.48. The largest absolute Gasteiger partial charge is 0.482 e. The molecule has 0 radical (unpaired) electrons. The molecule has 146 valence electrons. The summed E-state index contributed by atoms with van der Waals surface area (Å²) in [6.45, 7) is -0.184. The first-order valence-electron chi connectivity index (χ1n) is 9.51. The predicted molar refractivity (Wildman–Crippen MR) is 104 cm³/mol. The number of carbonyl (C=O) groups excluding carboxylic acids is 1. The molecule has 7 heteroatoms. The average molecular weight is 390 g/mol. The molecule has 0 amide bonds. The molecule has 0 N–H and O–H groups in total. The topological polar surface area (TPSA) is 87.6 Å². The number of nitrogens with zero attached hydrogens (tertiary/aromatic N) is 2. The van der Waals surface area contributed by atoms with E-state index in [0.717, 1.165) is 41.6 Å². The zero-order valence-electron chi connectivity index (χ0n) is 15.6. The zero-order valence-corrected chi connectivity index (χ0v) is 15.6. The molecule has 1 aliphatic rings. The zero-order chi connectivity index (χ0) is 19.6. The van der Waals surface area contributed by atoms with Crippen molar-refractivity contribution in [2.24, 2.45) is 0 Å². The Balaban J connectivity index is 1.22. The second kappa shape index (κ2) is 7.43. The Morgan fingerprint density at radius 3 is 2.69 bits per heavy atom. The van der Waals surface area contributed by atoms with E-state index in [1.165, 1.54) is 18.4 Å². The minimum Gasteiger partial charge on any atom is -0.482 e. The standard InChI is InChI=1S/C22H18N2O5/c25-21(28-15-7-5-14(6-8-15)22-24-23-13-27-22)12-26-16-9-10-20-18(11-16)17-3-1-2-4-19(17)29-20/h5-11,13H,1-4,12H2. The first-order valence-corrected chi connectivity index (χ1v) is 9.51. The molecule has 7 nitrogen and oxygen atoms in total. The van der Waals surface area contributed by atoms with Crippen molar-refractivity contribution in [3.8, 4) is 23.0 Å². The van der Waals surface area contributed by atoms with Crippen LogP contribution in [-0.2, 0) is 17.6 Å². The van der Waals surface area contributed by atoms with Gasteiger partial charge in [-0.2, -0.15) is 0 Å². The third kappa shape index (κ3) is 3.59. The summed E-state index contributed by atoms with van der Waals surface area (Å²) in [6, 6.07) is 12.5. The lowest BCUT2D eigenvalue weighted by Gasteiger charge is -2.09. The minimum absolute atomic E-state index is 0.184. The lowest BCUT2D eigenvalue weighted by molar-refractivity contribution is -0.136. The van der Waals surface area contributed by atoms with Crippen LogP contribution < -0.4 is 9.47 Å². The Bertz CT molecular complexity index is 1150. The molecule has 2 aromatic heterocycles. The molecule has 0 saturated carbocycles. The van der Waals surface area contributed by atoms with E-state index in [0.29, 0.717) is 17.4 Å². The molecule has 1 aliphatic carbocycles. The van der Waals surface area contributed by atoms with Gasteiger partial charge in [0.25, 0.3) is 0 Å². The predicted octanol–water partition coefficient (Wildman–Crippen LogP) is 4.35. The second-order valence-corrected chi connectivity index (χ2v) is 6.90. The molecule has 0 fully saturated rings. The fourth-order valence-corrected chi connectivity index (χ4v) is 3.60. The summed E-state index contributed by atoms with van der Waals surface area (Å²) in [7, 11) is 0. The number of fused-ring (bicyclic) bond motifs is 3. The summed E-state index contributed by atoms with van der Waals surface area (Å²) >= 11 is 0. The molecule has 0 bridgehead atoms. The number of furan rings is 1. The van der Waals surface area contributed by atoms with E-state index in [-0.39, 0.29) is 6.61 Å². The van der Waals surface area contributed by atoms with Gasteiger partial charge in [0.15, 0.2) is 6.61 Å². The van der Waals surface area contributed by atoms with Gasteiger partial charge in [-0.15, -0.1) is 10.2 Å². The molecule has 0 aliphatic heterocycles. The first-order chi connectivity index (χ1) is 14.3. The highest BCUT2D eigenvalue weighted by Gasteiger charge is 2.18. The number of hydrogen-bond donors (Lipinski definition) is 0. The summed E-state index contributed by atoms with van der Waals surface area (Å²) < 4.78 is 22.0. The number of esters is 1. The van der Waals surface area contributed by atoms with Crippen LogP contribution in [0.5, 0.6) is 11.5 Å². The van der Waals surface area contributed by atoms with Crippen LogP contribution in [0.2, 0.25) is 0 Å². The summed E-state index contributed by atoms with van der Waals surface area (Å²) in [6.07, 6.45) is 5.60. The molecule has 0 unspecified atom stereocenters. The van der Waals surface area contributed by atoms with Crippen molar-refractivity contribution in [1.82, 2.24) is 10.2 Å². The van der Waals surface area contributed by atoms with Crippen molar-refractivity contribution in [3.05, 3.63) is 60.2 Å². The van der Waals surface area contributed by atoms with Crippen LogP contribution in [0.3, 0.4) is 0 Å². The maximum Gasteiger partial charge on any atom is 0.349 e. The van der Waals surface area contributed by atoms with Crippen molar-refractivity contribution in [1.29, 1.82) is 0 Å². The third-order valence-corrected chi connectivity index (χ3v) is 4.98. The van der Waals surface area contributed by atoms with Crippen molar-refractivity contribution in [2.45, 2.75) is 25.7 Å². The average Bonchev–Trinajstić information content (AvgIpc) is 3.41. The van der Waals surface area contributed by atoms with E-state index in [1.54, 1.807) is 24.3 Å². The number of benzene rings is 2. The highest BCUT2D eigenvalue weighted by Crippen LogP contribution is 2.34. The Morgan fingerprint density at radius 2 is 1.86 bits per heavy atom. The van der Waals surface area contributed by atoms with E-state index in [9.17, 15) is 4.79 Å². The van der Waals surface area contributed by atoms with Gasteiger partial charge >= 0.3 is 5.97 Å². The molecule has 4 aromatic rings. The van der Waals surface area contributed by atoms with Crippen LogP contribution >= 0.6 is 0 Å². The maximum atomic E-state index is 12.1. The van der Waals surface area contributed by atoms with Crippen LogP contribution in [0.4, 0.5) is 0 Å². The third-order valence-electron chi connectivity index (χ3n) is 4.98. The fraction of sp³-hybridized carbons (Fsp3) is 0.227. The van der Waals surface area contributed by atoms with Gasteiger partial charge < -0.3 is 18.3 Å². The van der Waals surface area contributed by atoms with Gasteiger partial charge in [0, 0.05) is 22.9 Å². The Morgan fingerprint density at radius 1 is 1.03 bits per heavy atom. The van der Waals surface area contributed by atoms with Gasteiger partial charge in [0.05, 0.1) is 0 Å². The summed E-state index contributed by atoms with van der Waals surface area (Å²) in [5.41, 5.74) is 2.88. The SMILES string of the molecule is O=C(COc1ccc2oc3c(c2c1)CCCC3)Oc1ccc(-c2nnco2)cc1. The van der Waals surface area contributed by atoms with E-state index < -0.39 is 5.97 Å². The molecule has 2 heterocycles. The lowest BCUT2D eigenvalue weighted by Crippen LogP contribution is -2.17. The van der Waals surface area contributed by atoms with Crippen LogP contribution in [0.25, 0.3) is 22.4 Å². The van der Waals surface area contributed by atoms with Crippen molar-refractivity contribution in [3.63, 3.8) is 0 Å². The van der Waals surface area contributed by atoms with Crippen molar-refractivity contribution >= 4 is 16.9 Å². The van der Waals surface area contributed by atoms with Crippen LogP contribution in [0, 0.1) is 0 Å². The minimum atomic E-state index is -0.482. The molecule has 0 saturated heterocycles. The maximum absolute atomic E-state index is 12.1. The molecular formula is C22H18N2O5. The van der Waals surface area contributed by atoms with Gasteiger partial charge in [-0.3, -0.25) is 0 Å². The number of aromatic nitrogens is 2. The van der Waals surface area contributed by atoms with Crippen LogP contribution in [0.1, 0.15) is 24.2 Å². The molecule has 29 heavy (non-hydrogen) atoms. The van der Waals surface area contributed by atoms with Crippen molar-refractivity contribution in [2.75, 3.05) is 6.61 Å².